The third kappa shape index (κ3) is 3.11. The van der Waals surface area contributed by atoms with Crippen LogP contribution in [0.15, 0.2) is 18.3 Å². The van der Waals surface area contributed by atoms with E-state index in [4.69, 9.17) is 10.5 Å². The zero-order chi connectivity index (χ0) is 14.8. The Kier molecular flexibility index (Phi) is 4.62. The van der Waals surface area contributed by atoms with E-state index in [1.54, 1.807) is 7.11 Å². The van der Waals surface area contributed by atoms with Crippen molar-refractivity contribution in [1.29, 1.82) is 0 Å². The minimum Gasteiger partial charge on any atom is -0.481 e. The molecule has 1 saturated heterocycles. The lowest BCUT2D eigenvalue weighted by molar-refractivity contribution is 0.0179. The molecule has 0 spiro atoms. The molecule has 1 aromatic heterocycles. The Morgan fingerprint density at radius 1 is 1.40 bits per heavy atom. The van der Waals surface area contributed by atoms with Crippen LogP contribution in [0.4, 0.5) is 0 Å². The Hall–Kier alpha value is -1.17. The van der Waals surface area contributed by atoms with Crippen LogP contribution >= 0.6 is 0 Å². The summed E-state index contributed by atoms with van der Waals surface area (Å²) in [5.41, 5.74) is 7.35. The number of rotatable bonds is 4. The monoisotopic (exact) mass is 278 g/mol. The van der Waals surface area contributed by atoms with E-state index in [-0.39, 0.29) is 11.6 Å². The number of nitrogens with zero attached hydrogens (tertiary/aromatic N) is 3. The SMILES string of the molecule is COc1ccc(C(CN)N2CCN(C)C(C)(C)C2)cn1. The standard InChI is InChI=1S/C15H26N4O/c1-15(2)11-19(8-7-18(15)3)13(9-16)12-5-6-14(20-4)17-10-12/h5-6,10,13H,7-9,11,16H2,1-4H3. The first kappa shape index (κ1) is 15.2. The van der Waals surface area contributed by atoms with Crippen LogP contribution < -0.4 is 10.5 Å². The number of ether oxygens (including phenoxy) is 1. The molecule has 0 radical (unpaired) electrons. The Bertz CT molecular complexity index is 432. The molecule has 0 aliphatic carbocycles. The lowest BCUT2D eigenvalue weighted by Gasteiger charge is -2.47. The third-order valence-electron chi connectivity index (χ3n) is 4.36. The Balaban J connectivity index is 2.15. The summed E-state index contributed by atoms with van der Waals surface area (Å²) < 4.78 is 5.11. The largest absolute Gasteiger partial charge is 0.481 e. The molecule has 2 heterocycles. The van der Waals surface area contributed by atoms with E-state index < -0.39 is 0 Å². The molecule has 5 nitrogen and oxygen atoms in total. The van der Waals surface area contributed by atoms with Gasteiger partial charge in [0, 0.05) is 50.0 Å². The highest BCUT2D eigenvalue weighted by atomic mass is 16.5. The van der Waals surface area contributed by atoms with Crippen molar-refractivity contribution in [3.63, 3.8) is 0 Å². The number of hydrogen-bond donors (Lipinski definition) is 1. The lowest BCUT2D eigenvalue weighted by atomic mass is 9.96. The lowest BCUT2D eigenvalue weighted by Crippen LogP contribution is -2.58. The van der Waals surface area contributed by atoms with Crippen molar-refractivity contribution in [1.82, 2.24) is 14.8 Å². The Morgan fingerprint density at radius 3 is 2.65 bits per heavy atom. The molecular weight excluding hydrogens is 252 g/mol. The van der Waals surface area contributed by atoms with E-state index in [9.17, 15) is 0 Å². The maximum atomic E-state index is 6.02. The smallest absolute Gasteiger partial charge is 0.212 e. The van der Waals surface area contributed by atoms with Crippen LogP contribution in [0.5, 0.6) is 5.88 Å². The van der Waals surface area contributed by atoms with Crippen LogP contribution in [0.25, 0.3) is 0 Å². The number of hydrogen-bond acceptors (Lipinski definition) is 5. The maximum Gasteiger partial charge on any atom is 0.212 e. The third-order valence-corrected chi connectivity index (χ3v) is 4.36. The molecule has 0 bridgehead atoms. The first-order valence-electron chi connectivity index (χ1n) is 7.13. The predicted molar refractivity (Wildman–Crippen MR) is 80.9 cm³/mol. The van der Waals surface area contributed by atoms with Gasteiger partial charge in [0.1, 0.15) is 0 Å². The van der Waals surface area contributed by atoms with Gasteiger partial charge < -0.3 is 10.5 Å². The van der Waals surface area contributed by atoms with Gasteiger partial charge in [-0.2, -0.15) is 0 Å². The highest BCUT2D eigenvalue weighted by Crippen LogP contribution is 2.27. The van der Waals surface area contributed by atoms with Crippen LogP contribution in [0.2, 0.25) is 0 Å². The van der Waals surface area contributed by atoms with Gasteiger partial charge in [-0.15, -0.1) is 0 Å². The fourth-order valence-electron chi connectivity index (χ4n) is 2.75. The summed E-state index contributed by atoms with van der Waals surface area (Å²) in [6, 6.07) is 4.19. The molecular formula is C15H26N4O. The van der Waals surface area contributed by atoms with Gasteiger partial charge >= 0.3 is 0 Å². The molecule has 0 amide bonds. The normalized spacial score (nSPS) is 21.6. The maximum absolute atomic E-state index is 6.02. The van der Waals surface area contributed by atoms with E-state index >= 15 is 0 Å². The van der Waals surface area contributed by atoms with Crippen LogP contribution in [-0.2, 0) is 0 Å². The first-order chi connectivity index (χ1) is 9.47. The van der Waals surface area contributed by atoms with Crippen molar-refractivity contribution in [3.8, 4) is 5.88 Å². The summed E-state index contributed by atoms with van der Waals surface area (Å²) in [5, 5.41) is 0. The number of piperazine rings is 1. The molecule has 20 heavy (non-hydrogen) atoms. The van der Waals surface area contributed by atoms with Gasteiger partial charge in [-0.3, -0.25) is 9.80 Å². The quantitative estimate of drug-likeness (QED) is 0.894. The number of methoxy groups -OCH3 is 1. The van der Waals surface area contributed by atoms with E-state index in [1.807, 2.05) is 12.3 Å². The second kappa shape index (κ2) is 6.08. The van der Waals surface area contributed by atoms with E-state index in [0.717, 1.165) is 25.2 Å². The number of likely N-dealkylation sites (N-methyl/N-ethyl adjacent to an activating group) is 1. The second-order valence-corrected chi connectivity index (χ2v) is 6.09. The van der Waals surface area contributed by atoms with E-state index in [2.05, 4.69) is 41.7 Å². The van der Waals surface area contributed by atoms with Gasteiger partial charge in [0.2, 0.25) is 5.88 Å². The van der Waals surface area contributed by atoms with Gasteiger partial charge in [0.25, 0.3) is 0 Å². The molecule has 2 rings (SSSR count). The predicted octanol–water partition coefficient (Wildman–Crippen LogP) is 1.12. The highest BCUT2D eigenvalue weighted by Gasteiger charge is 2.34. The van der Waals surface area contributed by atoms with Crippen molar-refractivity contribution in [2.75, 3.05) is 40.3 Å². The molecule has 1 aromatic rings. The zero-order valence-electron chi connectivity index (χ0n) is 13.0. The van der Waals surface area contributed by atoms with Crippen LogP contribution in [0.1, 0.15) is 25.5 Å². The summed E-state index contributed by atoms with van der Waals surface area (Å²) in [6.07, 6.45) is 1.88. The Morgan fingerprint density at radius 2 is 2.15 bits per heavy atom. The van der Waals surface area contributed by atoms with Gasteiger partial charge in [-0.05, 0) is 26.5 Å². The van der Waals surface area contributed by atoms with Crippen molar-refractivity contribution in [3.05, 3.63) is 23.9 Å². The topological polar surface area (TPSA) is 54.6 Å². The van der Waals surface area contributed by atoms with Crippen molar-refractivity contribution >= 4 is 0 Å². The number of pyridine rings is 1. The highest BCUT2D eigenvalue weighted by molar-refractivity contribution is 5.21. The van der Waals surface area contributed by atoms with E-state index in [1.165, 1.54) is 0 Å². The van der Waals surface area contributed by atoms with E-state index in [0.29, 0.717) is 12.4 Å². The molecule has 0 saturated carbocycles. The Labute approximate surface area is 121 Å². The van der Waals surface area contributed by atoms with Crippen molar-refractivity contribution in [2.45, 2.75) is 25.4 Å². The molecule has 5 heteroatoms. The molecule has 1 unspecified atom stereocenters. The fourth-order valence-corrected chi connectivity index (χ4v) is 2.75. The summed E-state index contributed by atoms with van der Waals surface area (Å²) >= 11 is 0. The minimum atomic E-state index is 0.172. The second-order valence-electron chi connectivity index (χ2n) is 6.09. The average molecular weight is 278 g/mol. The first-order valence-corrected chi connectivity index (χ1v) is 7.13. The van der Waals surface area contributed by atoms with Gasteiger partial charge in [0.05, 0.1) is 7.11 Å². The molecule has 112 valence electrons. The van der Waals surface area contributed by atoms with Crippen molar-refractivity contribution in [2.24, 2.45) is 5.73 Å². The number of nitrogens with two attached hydrogens (primary N) is 1. The molecule has 1 aliphatic rings. The van der Waals surface area contributed by atoms with Gasteiger partial charge in [0.15, 0.2) is 0 Å². The van der Waals surface area contributed by atoms with Crippen LogP contribution in [-0.4, -0.2) is 60.7 Å². The van der Waals surface area contributed by atoms with Crippen LogP contribution in [0, 0.1) is 0 Å². The van der Waals surface area contributed by atoms with Crippen LogP contribution in [0.3, 0.4) is 0 Å². The van der Waals surface area contributed by atoms with Crippen molar-refractivity contribution < 1.29 is 4.74 Å². The summed E-state index contributed by atoms with van der Waals surface area (Å²) in [5.74, 6) is 0.642. The average Bonchev–Trinajstić information content (AvgIpc) is 2.44. The molecule has 2 N–H and O–H groups in total. The molecule has 1 atom stereocenters. The summed E-state index contributed by atoms with van der Waals surface area (Å²) in [7, 11) is 3.81. The molecule has 0 aromatic carbocycles. The summed E-state index contributed by atoms with van der Waals surface area (Å²) in [4.78, 5) is 9.17. The molecule has 1 fully saturated rings. The van der Waals surface area contributed by atoms with Gasteiger partial charge in [-0.25, -0.2) is 4.98 Å². The molecule has 1 aliphatic heterocycles. The zero-order valence-corrected chi connectivity index (χ0v) is 13.0. The van der Waals surface area contributed by atoms with Gasteiger partial charge in [-0.1, -0.05) is 6.07 Å². The fraction of sp³-hybridized carbons (Fsp3) is 0.667. The minimum absolute atomic E-state index is 0.172. The number of aromatic nitrogens is 1. The summed E-state index contributed by atoms with van der Waals surface area (Å²) in [6.45, 7) is 8.27.